The van der Waals surface area contributed by atoms with Crippen LogP contribution in [0.4, 0.5) is 0 Å². The molecule has 4 aromatic heterocycles. The van der Waals surface area contributed by atoms with Crippen LogP contribution in [-0.4, -0.2) is 0 Å². The molecule has 0 N–H and O–H groups in total. The Morgan fingerprint density at radius 2 is 1.04 bits per heavy atom. The molecule has 0 radical (unpaired) electrons. The minimum atomic E-state index is 1.12. The first-order chi connectivity index (χ1) is 11.6. The molecule has 4 rings (SSSR count). The Hall–Kier alpha value is 0.720. The van der Waals surface area contributed by atoms with Crippen LogP contribution < -0.4 is 0 Å². The number of hydrogen-bond donors (Lipinski definition) is 0. The van der Waals surface area contributed by atoms with E-state index in [2.05, 4.69) is 98.7 Å². The highest BCUT2D eigenvalue weighted by molar-refractivity contribution is 9.14. The highest BCUT2D eigenvalue weighted by Crippen LogP contribution is 2.56. The first kappa shape index (κ1) is 18.1. The summed E-state index contributed by atoms with van der Waals surface area (Å²) >= 11 is 22.0. The Bertz CT molecular complexity index is 911. The molecule has 0 saturated heterocycles. The third-order valence-corrected chi connectivity index (χ3v) is 12.2. The maximum Gasteiger partial charge on any atom is 0.0854 e. The van der Waals surface area contributed by atoms with Crippen LogP contribution >= 0.6 is 109 Å². The van der Waals surface area contributed by atoms with Crippen molar-refractivity contribution in [2.45, 2.75) is 0 Å². The summed E-state index contributed by atoms with van der Waals surface area (Å²) in [5.74, 6) is 0. The van der Waals surface area contributed by atoms with Crippen LogP contribution in [0.15, 0.2) is 51.5 Å². The number of hydrogen-bond acceptors (Lipinski definition) is 4. The molecule has 0 amide bonds. The molecule has 0 unspecified atom stereocenters. The molecule has 0 aromatic carbocycles. The van der Waals surface area contributed by atoms with Gasteiger partial charge < -0.3 is 0 Å². The first-order valence-electron chi connectivity index (χ1n) is 6.61. The quantitative estimate of drug-likeness (QED) is 0.208. The van der Waals surface area contributed by atoms with Gasteiger partial charge >= 0.3 is 0 Å². The van der Waals surface area contributed by atoms with E-state index in [1.54, 1.807) is 45.3 Å². The molecule has 0 spiro atoms. The molecule has 8 heteroatoms. The van der Waals surface area contributed by atoms with Gasteiger partial charge in [0.25, 0.3) is 0 Å². The molecule has 24 heavy (non-hydrogen) atoms. The van der Waals surface area contributed by atoms with Crippen LogP contribution in [0.25, 0.3) is 30.6 Å². The lowest BCUT2D eigenvalue weighted by Crippen LogP contribution is -1.78. The Kier molecular flexibility index (Phi) is 5.57. The summed E-state index contributed by atoms with van der Waals surface area (Å²) in [5.41, 5.74) is 2.53. The van der Waals surface area contributed by atoms with Crippen molar-refractivity contribution in [3.05, 3.63) is 51.5 Å². The van der Waals surface area contributed by atoms with E-state index in [-0.39, 0.29) is 0 Å². The SMILES string of the molecule is Brc1sc(-c2sc(Br)c(Br)c2-c2cccs2)c(-c2cccs2)c1Br. The minimum absolute atomic E-state index is 1.12. The van der Waals surface area contributed by atoms with E-state index >= 15 is 0 Å². The molecule has 0 aliphatic heterocycles. The first-order valence-corrected chi connectivity index (χ1v) is 13.2. The predicted octanol–water partition coefficient (Wildman–Crippen LogP) is 9.98. The highest BCUT2D eigenvalue weighted by Gasteiger charge is 2.25. The Balaban J connectivity index is 2.02. The average molecular weight is 646 g/mol. The third-order valence-electron chi connectivity index (χ3n) is 3.36. The fraction of sp³-hybridized carbons (Fsp3) is 0. The second-order valence-electron chi connectivity index (χ2n) is 4.74. The van der Waals surface area contributed by atoms with E-state index in [1.165, 1.54) is 30.6 Å². The summed E-state index contributed by atoms with van der Waals surface area (Å²) in [6, 6.07) is 8.55. The average Bonchev–Trinajstić information content (AvgIpc) is 3.31. The van der Waals surface area contributed by atoms with Gasteiger partial charge in [0.05, 0.1) is 26.3 Å². The van der Waals surface area contributed by atoms with Crippen LogP contribution in [0.2, 0.25) is 0 Å². The molecule has 0 bridgehead atoms. The summed E-state index contributed by atoms with van der Waals surface area (Å²) in [5, 5.41) is 4.25. The lowest BCUT2D eigenvalue weighted by Gasteiger charge is -2.04. The number of thiophene rings is 4. The molecule has 0 saturated carbocycles. The van der Waals surface area contributed by atoms with Crippen molar-refractivity contribution >= 4 is 109 Å². The summed E-state index contributed by atoms with van der Waals surface area (Å²) in [6.07, 6.45) is 0. The van der Waals surface area contributed by atoms with Crippen molar-refractivity contribution in [2.24, 2.45) is 0 Å². The van der Waals surface area contributed by atoms with Gasteiger partial charge in [-0.05, 0) is 86.6 Å². The molecular formula is C16H6Br4S4. The third kappa shape index (κ3) is 3.11. The summed E-state index contributed by atoms with van der Waals surface area (Å²) in [6.45, 7) is 0. The molecule has 0 aliphatic rings. The van der Waals surface area contributed by atoms with Gasteiger partial charge in [-0.2, -0.15) is 0 Å². The van der Waals surface area contributed by atoms with Crippen LogP contribution in [0.3, 0.4) is 0 Å². The van der Waals surface area contributed by atoms with Crippen molar-refractivity contribution in [2.75, 3.05) is 0 Å². The molecular weight excluding hydrogens is 640 g/mol. The van der Waals surface area contributed by atoms with E-state index in [0.29, 0.717) is 0 Å². The summed E-state index contributed by atoms with van der Waals surface area (Å²) in [4.78, 5) is 5.13. The van der Waals surface area contributed by atoms with Gasteiger partial charge in [0.2, 0.25) is 0 Å². The Labute approximate surface area is 189 Å². The van der Waals surface area contributed by atoms with Crippen molar-refractivity contribution in [1.29, 1.82) is 0 Å². The molecule has 0 aliphatic carbocycles. The lowest BCUT2D eigenvalue weighted by atomic mass is 10.1. The summed E-state index contributed by atoms with van der Waals surface area (Å²) < 4.78 is 4.50. The van der Waals surface area contributed by atoms with Crippen LogP contribution in [-0.2, 0) is 0 Å². The fourth-order valence-electron chi connectivity index (χ4n) is 2.37. The van der Waals surface area contributed by atoms with E-state index in [9.17, 15) is 0 Å². The molecule has 0 nitrogen and oxygen atoms in total. The topological polar surface area (TPSA) is 0 Å². The zero-order valence-corrected chi connectivity index (χ0v) is 21.2. The standard InChI is InChI=1S/C16H6Br4S4/c17-11-9(7-3-1-5-21-7)13(23-15(11)19)14-10(8-4-2-6-22-8)12(18)16(20)24-14/h1-6H. The van der Waals surface area contributed by atoms with Crippen molar-refractivity contribution in [1.82, 2.24) is 0 Å². The Morgan fingerprint density at radius 1 is 0.625 bits per heavy atom. The lowest BCUT2D eigenvalue weighted by molar-refractivity contribution is 1.76. The van der Waals surface area contributed by atoms with E-state index in [4.69, 9.17) is 0 Å². The van der Waals surface area contributed by atoms with Crippen molar-refractivity contribution < 1.29 is 0 Å². The van der Waals surface area contributed by atoms with Gasteiger partial charge in [0.1, 0.15) is 0 Å². The van der Waals surface area contributed by atoms with E-state index in [0.717, 1.165) is 16.5 Å². The molecule has 0 atom stereocenters. The maximum absolute atomic E-state index is 3.77. The zero-order chi connectivity index (χ0) is 16.8. The van der Waals surface area contributed by atoms with Crippen LogP contribution in [0, 0.1) is 0 Å². The normalized spacial score (nSPS) is 11.3. The second kappa shape index (κ2) is 7.38. The monoisotopic (exact) mass is 642 g/mol. The Morgan fingerprint density at radius 3 is 1.38 bits per heavy atom. The predicted molar refractivity (Wildman–Crippen MR) is 125 cm³/mol. The van der Waals surface area contributed by atoms with E-state index < -0.39 is 0 Å². The highest BCUT2D eigenvalue weighted by atomic mass is 79.9. The fourth-order valence-corrected chi connectivity index (χ4v) is 9.27. The van der Waals surface area contributed by atoms with Crippen molar-refractivity contribution in [3.63, 3.8) is 0 Å². The molecule has 122 valence electrons. The largest absolute Gasteiger partial charge is 0.144 e. The maximum atomic E-state index is 3.77. The number of halogens is 4. The van der Waals surface area contributed by atoms with Gasteiger partial charge in [-0.25, -0.2) is 0 Å². The van der Waals surface area contributed by atoms with Crippen LogP contribution in [0.5, 0.6) is 0 Å². The van der Waals surface area contributed by atoms with Gasteiger partial charge in [0.15, 0.2) is 0 Å². The number of rotatable bonds is 3. The van der Waals surface area contributed by atoms with Gasteiger partial charge in [0, 0.05) is 20.9 Å². The van der Waals surface area contributed by atoms with E-state index in [1.807, 2.05) is 0 Å². The van der Waals surface area contributed by atoms with Gasteiger partial charge in [-0.1, -0.05) is 12.1 Å². The molecule has 4 heterocycles. The zero-order valence-electron chi connectivity index (χ0n) is 11.6. The molecule has 4 aromatic rings. The second-order valence-corrected chi connectivity index (χ2v) is 12.9. The van der Waals surface area contributed by atoms with Gasteiger partial charge in [-0.3, -0.25) is 0 Å². The van der Waals surface area contributed by atoms with Crippen molar-refractivity contribution in [3.8, 4) is 30.6 Å². The summed E-state index contributed by atoms with van der Waals surface area (Å²) in [7, 11) is 0. The minimum Gasteiger partial charge on any atom is -0.144 e. The van der Waals surface area contributed by atoms with Gasteiger partial charge in [-0.15, -0.1) is 45.3 Å². The van der Waals surface area contributed by atoms with Crippen LogP contribution in [0.1, 0.15) is 0 Å². The molecule has 0 fully saturated rings. The smallest absolute Gasteiger partial charge is 0.0854 e.